The van der Waals surface area contributed by atoms with Crippen LogP contribution in [0.4, 0.5) is 0 Å². The van der Waals surface area contributed by atoms with Gasteiger partial charge in [-0.15, -0.1) is 0 Å². The summed E-state index contributed by atoms with van der Waals surface area (Å²) in [5.74, 6) is 0.976. The molecule has 2 aromatic carbocycles. The number of ether oxygens (including phenoxy) is 3. The zero-order chi connectivity index (χ0) is 23.2. The van der Waals surface area contributed by atoms with Crippen LogP contribution >= 0.6 is 0 Å². The monoisotopic (exact) mass is 464 g/mol. The summed E-state index contributed by atoms with van der Waals surface area (Å²) in [4.78, 5) is 17.6. The molecule has 0 aliphatic carbocycles. The summed E-state index contributed by atoms with van der Waals surface area (Å²) in [7, 11) is 0. The van der Waals surface area contributed by atoms with Crippen LogP contribution in [0.3, 0.4) is 0 Å². The van der Waals surface area contributed by atoms with E-state index >= 15 is 0 Å². The van der Waals surface area contributed by atoms with E-state index in [1.54, 1.807) is 6.26 Å². The van der Waals surface area contributed by atoms with E-state index in [4.69, 9.17) is 18.6 Å². The van der Waals surface area contributed by atoms with Crippen LogP contribution in [0.25, 0.3) is 11.0 Å². The van der Waals surface area contributed by atoms with E-state index in [-0.39, 0.29) is 11.8 Å². The lowest BCUT2D eigenvalue weighted by molar-refractivity contribution is 0.0322. The lowest BCUT2D eigenvalue weighted by Crippen LogP contribution is -2.38. The minimum absolute atomic E-state index is 0.0237. The van der Waals surface area contributed by atoms with Gasteiger partial charge in [0.05, 0.1) is 32.7 Å². The normalized spacial score (nSPS) is 19.8. The Balaban J connectivity index is 1.21. The Hall–Kier alpha value is -2.87. The fourth-order valence-corrected chi connectivity index (χ4v) is 4.75. The topological polar surface area (TPSA) is 64.4 Å². The Kier molecular flexibility index (Phi) is 7.43. The maximum Gasteiger partial charge on any atom is 0.254 e. The molecule has 0 radical (unpaired) electrons. The first-order valence-electron chi connectivity index (χ1n) is 12.1. The third-order valence-electron chi connectivity index (χ3n) is 6.58. The molecule has 3 aromatic rings. The van der Waals surface area contributed by atoms with E-state index in [2.05, 4.69) is 11.0 Å². The van der Waals surface area contributed by atoms with Crippen molar-refractivity contribution in [2.75, 3.05) is 65.8 Å². The summed E-state index contributed by atoms with van der Waals surface area (Å²) < 4.78 is 22.8. The highest BCUT2D eigenvalue weighted by Gasteiger charge is 2.24. The number of rotatable bonds is 7. The molecule has 7 nitrogen and oxygen atoms in total. The average molecular weight is 465 g/mol. The molecule has 1 amide bonds. The molecule has 34 heavy (non-hydrogen) atoms. The van der Waals surface area contributed by atoms with Gasteiger partial charge in [-0.05, 0) is 42.3 Å². The Morgan fingerprint density at radius 2 is 1.85 bits per heavy atom. The quantitative estimate of drug-likeness (QED) is 0.534. The van der Waals surface area contributed by atoms with E-state index in [1.165, 1.54) is 5.56 Å². The third-order valence-corrected chi connectivity index (χ3v) is 6.58. The van der Waals surface area contributed by atoms with Crippen molar-refractivity contribution in [2.24, 2.45) is 5.92 Å². The van der Waals surface area contributed by atoms with Crippen LogP contribution in [-0.4, -0.2) is 81.5 Å². The van der Waals surface area contributed by atoms with Crippen LogP contribution in [0.1, 0.15) is 15.9 Å². The van der Waals surface area contributed by atoms with Crippen LogP contribution in [0.5, 0.6) is 5.75 Å². The number of fused-ring (bicyclic) bond motifs is 1. The summed E-state index contributed by atoms with van der Waals surface area (Å²) in [5.41, 5.74) is 2.77. The Morgan fingerprint density at radius 1 is 1.00 bits per heavy atom. The van der Waals surface area contributed by atoms with Gasteiger partial charge in [0, 0.05) is 49.6 Å². The van der Waals surface area contributed by atoms with Gasteiger partial charge in [0.2, 0.25) is 0 Å². The van der Waals surface area contributed by atoms with E-state index in [0.717, 1.165) is 56.0 Å². The van der Waals surface area contributed by atoms with Crippen molar-refractivity contribution in [1.82, 2.24) is 9.80 Å². The molecule has 1 aromatic heterocycles. The van der Waals surface area contributed by atoms with Crippen molar-refractivity contribution in [3.8, 4) is 5.75 Å². The van der Waals surface area contributed by atoms with E-state index < -0.39 is 0 Å². The van der Waals surface area contributed by atoms with E-state index in [0.29, 0.717) is 38.5 Å². The highest BCUT2D eigenvalue weighted by atomic mass is 16.5. The molecule has 0 N–H and O–H groups in total. The first-order chi connectivity index (χ1) is 16.8. The predicted octanol–water partition coefficient (Wildman–Crippen LogP) is 3.48. The molecule has 2 fully saturated rings. The molecule has 1 atom stereocenters. The molecule has 3 heterocycles. The van der Waals surface area contributed by atoms with Crippen LogP contribution in [0, 0.1) is 5.92 Å². The predicted molar refractivity (Wildman–Crippen MR) is 129 cm³/mol. The van der Waals surface area contributed by atoms with Gasteiger partial charge in [-0.25, -0.2) is 0 Å². The first-order valence-corrected chi connectivity index (χ1v) is 12.1. The smallest absolute Gasteiger partial charge is 0.254 e. The zero-order valence-electron chi connectivity index (χ0n) is 19.5. The average Bonchev–Trinajstić information content (AvgIpc) is 3.24. The minimum Gasteiger partial charge on any atom is -0.492 e. The molecule has 2 aliphatic rings. The van der Waals surface area contributed by atoms with Gasteiger partial charge in [-0.1, -0.05) is 18.2 Å². The molecule has 0 spiro atoms. The number of nitrogens with zero attached hydrogens (tertiary/aromatic N) is 2. The van der Waals surface area contributed by atoms with Crippen LogP contribution in [0.2, 0.25) is 0 Å². The first kappa shape index (κ1) is 22.9. The van der Waals surface area contributed by atoms with Crippen molar-refractivity contribution in [2.45, 2.75) is 6.42 Å². The van der Waals surface area contributed by atoms with Gasteiger partial charge in [-0.2, -0.15) is 0 Å². The summed E-state index contributed by atoms with van der Waals surface area (Å²) in [6.45, 7) is 7.33. The van der Waals surface area contributed by atoms with Crippen molar-refractivity contribution in [3.63, 3.8) is 0 Å². The Labute approximate surface area is 200 Å². The number of morpholine rings is 1. The number of benzene rings is 2. The maximum atomic E-state index is 13.4. The highest BCUT2D eigenvalue weighted by molar-refractivity contribution is 5.94. The van der Waals surface area contributed by atoms with Crippen molar-refractivity contribution >= 4 is 16.9 Å². The van der Waals surface area contributed by atoms with E-state index in [9.17, 15) is 4.79 Å². The van der Waals surface area contributed by atoms with Gasteiger partial charge in [0.15, 0.2) is 0 Å². The lowest BCUT2D eigenvalue weighted by atomic mass is 9.97. The largest absolute Gasteiger partial charge is 0.492 e. The molecular weight excluding hydrogens is 432 g/mol. The third kappa shape index (κ3) is 5.60. The van der Waals surface area contributed by atoms with Crippen molar-refractivity contribution < 1.29 is 23.4 Å². The van der Waals surface area contributed by atoms with Gasteiger partial charge >= 0.3 is 0 Å². The number of hydrogen-bond donors (Lipinski definition) is 0. The highest BCUT2D eigenvalue weighted by Crippen LogP contribution is 2.24. The van der Waals surface area contributed by atoms with Gasteiger partial charge in [0.25, 0.3) is 5.91 Å². The molecule has 7 heteroatoms. The summed E-state index contributed by atoms with van der Waals surface area (Å²) >= 11 is 0. The molecule has 5 rings (SSSR count). The Morgan fingerprint density at radius 3 is 2.76 bits per heavy atom. The maximum absolute atomic E-state index is 13.4. The number of hydrogen-bond acceptors (Lipinski definition) is 6. The van der Waals surface area contributed by atoms with E-state index in [1.807, 2.05) is 47.4 Å². The van der Waals surface area contributed by atoms with Crippen LogP contribution < -0.4 is 4.74 Å². The standard InChI is InChI=1S/C27H32N2O5/c30-27(23-4-1-5-24(18-23)33-16-10-28-8-13-31-14-9-28)29-11-15-32-20-21(19-29)17-22-3-2-6-26-25(22)7-12-34-26/h1-7,12,18,21H,8-11,13-17,19-20H2/t21-/m0/s1. The summed E-state index contributed by atoms with van der Waals surface area (Å²) in [5, 5.41) is 1.13. The summed E-state index contributed by atoms with van der Waals surface area (Å²) in [6.07, 6.45) is 2.56. The molecule has 0 bridgehead atoms. The number of furan rings is 1. The molecule has 0 unspecified atom stereocenters. The summed E-state index contributed by atoms with van der Waals surface area (Å²) in [6, 6.07) is 15.7. The second-order valence-electron chi connectivity index (χ2n) is 8.98. The minimum atomic E-state index is 0.0237. The number of carbonyl (C=O) groups excluding carboxylic acids is 1. The van der Waals surface area contributed by atoms with Crippen molar-refractivity contribution in [1.29, 1.82) is 0 Å². The number of amides is 1. The van der Waals surface area contributed by atoms with Gasteiger partial charge < -0.3 is 23.5 Å². The molecule has 2 saturated heterocycles. The molecule has 0 saturated carbocycles. The second-order valence-corrected chi connectivity index (χ2v) is 8.98. The fourth-order valence-electron chi connectivity index (χ4n) is 4.75. The van der Waals surface area contributed by atoms with Crippen molar-refractivity contribution in [3.05, 3.63) is 65.9 Å². The Bertz CT molecular complexity index is 1090. The molecular formula is C27H32N2O5. The zero-order valence-corrected chi connectivity index (χ0v) is 19.5. The van der Waals surface area contributed by atoms with Gasteiger partial charge in [0.1, 0.15) is 17.9 Å². The molecule has 2 aliphatic heterocycles. The lowest BCUT2D eigenvalue weighted by Gasteiger charge is -2.26. The molecule has 180 valence electrons. The SMILES string of the molecule is O=C(c1cccc(OCCN2CCOCC2)c1)N1CCOC[C@@H](Cc2cccc3occc23)C1. The fraction of sp³-hybridized carbons (Fsp3) is 0.444. The van der Waals surface area contributed by atoms with Crippen LogP contribution in [-0.2, 0) is 15.9 Å². The number of carbonyl (C=O) groups is 1. The van der Waals surface area contributed by atoms with Crippen LogP contribution in [0.15, 0.2) is 59.2 Å². The van der Waals surface area contributed by atoms with Gasteiger partial charge in [-0.3, -0.25) is 9.69 Å². The second kappa shape index (κ2) is 11.0.